The number of halogens is 1. The van der Waals surface area contributed by atoms with E-state index in [0.29, 0.717) is 12.4 Å². The fourth-order valence-electron chi connectivity index (χ4n) is 1.37. The van der Waals surface area contributed by atoms with Crippen LogP contribution in [0.25, 0.3) is 0 Å². The Hall–Kier alpha value is -1.11. The van der Waals surface area contributed by atoms with Crippen molar-refractivity contribution in [3.8, 4) is 0 Å². The summed E-state index contributed by atoms with van der Waals surface area (Å²) in [5, 5.41) is 18.1. The molecule has 0 unspecified atom stereocenters. The van der Waals surface area contributed by atoms with E-state index in [1.807, 2.05) is 20.8 Å². The molecule has 0 fully saturated rings. The summed E-state index contributed by atoms with van der Waals surface area (Å²) in [5.74, 6) is 0.466. The summed E-state index contributed by atoms with van der Waals surface area (Å²) in [5.41, 5.74) is 0.00199. The first-order valence-electron chi connectivity index (χ1n) is 5.14. The molecule has 0 atom stereocenters. The van der Waals surface area contributed by atoms with Gasteiger partial charge in [0, 0.05) is 12.6 Å². The molecule has 0 aliphatic carbocycles. The Bertz CT molecular complexity index is 389. The minimum absolute atomic E-state index is 0.00199. The SMILES string of the molecule is CCCn1nc(Br)c([N+](=O)[O-])c1NC(C)C. The van der Waals surface area contributed by atoms with Crippen molar-refractivity contribution in [2.24, 2.45) is 0 Å². The van der Waals surface area contributed by atoms with Gasteiger partial charge in [0.05, 0.1) is 4.92 Å². The van der Waals surface area contributed by atoms with Crippen molar-refractivity contribution in [1.82, 2.24) is 9.78 Å². The van der Waals surface area contributed by atoms with E-state index in [-0.39, 0.29) is 16.3 Å². The Labute approximate surface area is 102 Å². The Morgan fingerprint density at radius 2 is 2.25 bits per heavy atom. The molecular formula is C9H15BrN4O2. The molecule has 0 saturated heterocycles. The van der Waals surface area contributed by atoms with E-state index in [9.17, 15) is 10.1 Å². The molecule has 0 aliphatic rings. The van der Waals surface area contributed by atoms with Gasteiger partial charge < -0.3 is 5.32 Å². The fourth-order valence-corrected chi connectivity index (χ4v) is 1.90. The van der Waals surface area contributed by atoms with Crippen molar-refractivity contribution >= 4 is 27.4 Å². The van der Waals surface area contributed by atoms with Gasteiger partial charge in [-0.3, -0.25) is 10.1 Å². The van der Waals surface area contributed by atoms with E-state index in [0.717, 1.165) is 6.42 Å². The lowest BCUT2D eigenvalue weighted by Gasteiger charge is -2.10. The van der Waals surface area contributed by atoms with Crippen molar-refractivity contribution in [1.29, 1.82) is 0 Å². The first kappa shape index (κ1) is 13.0. The van der Waals surface area contributed by atoms with E-state index < -0.39 is 4.92 Å². The molecule has 0 spiro atoms. The number of rotatable bonds is 5. The van der Waals surface area contributed by atoms with Crippen LogP contribution >= 0.6 is 15.9 Å². The van der Waals surface area contributed by atoms with Crippen molar-refractivity contribution in [2.75, 3.05) is 5.32 Å². The monoisotopic (exact) mass is 290 g/mol. The molecule has 1 aromatic heterocycles. The molecule has 6 nitrogen and oxygen atoms in total. The Kier molecular flexibility index (Phi) is 4.28. The molecule has 1 heterocycles. The Morgan fingerprint density at radius 3 is 2.69 bits per heavy atom. The van der Waals surface area contributed by atoms with Crippen LogP contribution in [-0.4, -0.2) is 20.7 Å². The van der Waals surface area contributed by atoms with Gasteiger partial charge in [0.25, 0.3) is 0 Å². The minimum Gasteiger partial charge on any atom is -0.362 e. The third kappa shape index (κ3) is 2.72. The van der Waals surface area contributed by atoms with Gasteiger partial charge in [0.2, 0.25) is 10.4 Å². The summed E-state index contributed by atoms with van der Waals surface area (Å²) in [7, 11) is 0. The second kappa shape index (κ2) is 5.29. The highest BCUT2D eigenvalue weighted by Crippen LogP contribution is 2.33. The maximum atomic E-state index is 10.9. The highest BCUT2D eigenvalue weighted by molar-refractivity contribution is 9.10. The first-order chi connectivity index (χ1) is 7.47. The van der Waals surface area contributed by atoms with E-state index in [1.54, 1.807) is 4.68 Å². The Balaban J connectivity index is 3.19. The van der Waals surface area contributed by atoms with Gasteiger partial charge in [-0.05, 0) is 36.2 Å². The number of nitro groups is 1. The maximum Gasteiger partial charge on any atom is 0.345 e. The van der Waals surface area contributed by atoms with E-state index in [2.05, 4.69) is 26.3 Å². The highest BCUT2D eigenvalue weighted by atomic mass is 79.9. The second-order valence-electron chi connectivity index (χ2n) is 3.77. The van der Waals surface area contributed by atoms with Crippen LogP contribution in [0.5, 0.6) is 0 Å². The van der Waals surface area contributed by atoms with E-state index in [1.165, 1.54) is 0 Å². The predicted molar refractivity (Wildman–Crippen MR) is 65.6 cm³/mol. The van der Waals surface area contributed by atoms with Gasteiger partial charge in [0.1, 0.15) is 0 Å². The van der Waals surface area contributed by atoms with Gasteiger partial charge in [-0.15, -0.1) is 0 Å². The number of hydrogen-bond donors (Lipinski definition) is 1. The van der Waals surface area contributed by atoms with E-state index >= 15 is 0 Å². The molecule has 0 saturated carbocycles. The summed E-state index contributed by atoms with van der Waals surface area (Å²) >= 11 is 3.11. The topological polar surface area (TPSA) is 73.0 Å². The van der Waals surface area contributed by atoms with Crippen LogP contribution in [0.15, 0.2) is 4.60 Å². The van der Waals surface area contributed by atoms with Crippen LogP contribution < -0.4 is 5.32 Å². The number of anilines is 1. The standard InChI is InChI=1S/C9H15BrN4O2/c1-4-5-13-9(11-6(2)3)7(14(15)16)8(10)12-13/h6,11H,4-5H2,1-3H3. The zero-order chi connectivity index (χ0) is 12.3. The molecule has 1 N–H and O–H groups in total. The number of aryl methyl sites for hydroxylation is 1. The lowest BCUT2D eigenvalue weighted by atomic mass is 10.3. The summed E-state index contributed by atoms with van der Waals surface area (Å²) in [4.78, 5) is 10.5. The summed E-state index contributed by atoms with van der Waals surface area (Å²) in [6.07, 6.45) is 0.873. The average Bonchev–Trinajstić information content (AvgIpc) is 2.42. The van der Waals surface area contributed by atoms with Crippen molar-refractivity contribution in [2.45, 2.75) is 39.8 Å². The third-order valence-electron chi connectivity index (χ3n) is 1.93. The van der Waals surface area contributed by atoms with Gasteiger partial charge in [-0.25, -0.2) is 4.68 Å². The maximum absolute atomic E-state index is 10.9. The van der Waals surface area contributed by atoms with Crippen LogP contribution in [0.4, 0.5) is 11.5 Å². The molecule has 0 bridgehead atoms. The zero-order valence-electron chi connectivity index (χ0n) is 9.53. The first-order valence-corrected chi connectivity index (χ1v) is 5.93. The quantitative estimate of drug-likeness (QED) is 0.668. The minimum atomic E-state index is -0.423. The van der Waals surface area contributed by atoms with Crippen LogP contribution in [-0.2, 0) is 6.54 Å². The van der Waals surface area contributed by atoms with Crippen LogP contribution in [0.2, 0.25) is 0 Å². The molecule has 90 valence electrons. The van der Waals surface area contributed by atoms with Gasteiger partial charge in [0.15, 0.2) is 0 Å². The lowest BCUT2D eigenvalue weighted by molar-refractivity contribution is -0.384. The zero-order valence-corrected chi connectivity index (χ0v) is 11.1. The molecule has 16 heavy (non-hydrogen) atoms. The summed E-state index contributed by atoms with van der Waals surface area (Å²) in [6.45, 7) is 6.52. The number of nitrogens with one attached hydrogen (secondary N) is 1. The van der Waals surface area contributed by atoms with Gasteiger partial charge >= 0.3 is 5.69 Å². The molecule has 1 aromatic rings. The molecule has 0 aliphatic heterocycles. The highest BCUT2D eigenvalue weighted by Gasteiger charge is 2.26. The van der Waals surface area contributed by atoms with Crippen LogP contribution in [0.1, 0.15) is 27.2 Å². The molecule has 0 radical (unpaired) electrons. The normalized spacial score (nSPS) is 10.8. The van der Waals surface area contributed by atoms with Gasteiger partial charge in [-0.2, -0.15) is 5.10 Å². The largest absolute Gasteiger partial charge is 0.362 e. The molecule has 7 heteroatoms. The van der Waals surface area contributed by atoms with Crippen molar-refractivity contribution in [3.63, 3.8) is 0 Å². The molecule has 0 amide bonds. The smallest absolute Gasteiger partial charge is 0.345 e. The number of hydrogen-bond acceptors (Lipinski definition) is 4. The Morgan fingerprint density at radius 1 is 1.62 bits per heavy atom. The average molecular weight is 291 g/mol. The van der Waals surface area contributed by atoms with Crippen LogP contribution in [0.3, 0.4) is 0 Å². The van der Waals surface area contributed by atoms with Crippen molar-refractivity contribution in [3.05, 3.63) is 14.7 Å². The fraction of sp³-hybridized carbons (Fsp3) is 0.667. The van der Waals surface area contributed by atoms with Gasteiger partial charge in [-0.1, -0.05) is 6.92 Å². The molecule has 1 rings (SSSR count). The summed E-state index contributed by atoms with van der Waals surface area (Å²) in [6, 6.07) is 0.123. The second-order valence-corrected chi connectivity index (χ2v) is 4.52. The molecular weight excluding hydrogens is 276 g/mol. The summed E-state index contributed by atoms with van der Waals surface area (Å²) < 4.78 is 1.90. The number of aromatic nitrogens is 2. The molecule has 0 aromatic carbocycles. The lowest BCUT2D eigenvalue weighted by Crippen LogP contribution is -2.15. The van der Waals surface area contributed by atoms with E-state index in [4.69, 9.17) is 0 Å². The number of nitrogens with zero attached hydrogens (tertiary/aromatic N) is 3. The van der Waals surface area contributed by atoms with Crippen LogP contribution in [0, 0.1) is 10.1 Å². The third-order valence-corrected chi connectivity index (χ3v) is 2.46. The van der Waals surface area contributed by atoms with Crippen molar-refractivity contribution < 1.29 is 4.92 Å². The predicted octanol–water partition coefficient (Wildman–Crippen LogP) is 2.78.